The molecular weight excluding hydrogens is 367 g/mol. The quantitative estimate of drug-likeness (QED) is 0.415. The topological polar surface area (TPSA) is 93.5 Å². The van der Waals surface area contributed by atoms with Crippen LogP contribution in [0.4, 0.5) is 24.5 Å². The molecule has 0 aliphatic carbocycles. The molecule has 0 spiro atoms. The molecule has 0 aliphatic rings. The number of nitro benzene ring substituents is 1. The molecule has 1 amide bonds. The number of hydrogen-bond donors (Lipinski definition) is 2. The summed E-state index contributed by atoms with van der Waals surface area (Å²) < 4.78 is 42.5. The summed E-state index contributed by atoms with van der Waals surface area (Å²) in [6.45, 7) is 0.318. The van der Waals surface area contributed by atoms with Gasteiger partial charge in [0.15, 0.2) is 6.61 Å². The second-order valence-corrected chi connectivity index (χ2v) is 5.39. The molecule has 10 heteroatoms. The average molecular weight is 383 g/mol. The molecule has 0 heterocycles. The van der Waals surface area contributed by atoms with Crippen molar-refractivity contribution in [1.82, 2.24) is 5.32 Å². The molecule has 144 valence electrons. The van der Waals surface area contributed by atoms with Gasteiger partial charge in [-0.15, -0.1) is 0 Å². The number of halogens is 3. The van der Waals surface area contributed by atoms with Crippen LogP contribution in [0.25, 0.3) is 0 Å². The molecule has 2 aromatic carbocycles. The summed E-state index contributed by atoms with van der Waals surface area (Å²) >= 11 is 0. The number of anilines is 1. The molecule has 2 N–H and O–H groups in total. The van der Waals surface area contributed by atoms with Crippen LogP contribution in [0.1, 0.15) is 5.56 Å². The summed E-state index contributed by atoms with van der Waals surface area (Å²) in [5.41, 5.74) is -0.151. The van der Waals surface area contributed by atoms with Gasteiger partial charge >= 0.3 is 6.18 Å². The predicted octanol–water partition coefficient (Wildman–Crippen LogP) is 3.22. The molecule has 0 atom stereocenters. The maximum atomic E-state index is 12.4. The van der Waals surface area contributed by atoms with Gasteiger partial charge in [0, 0.05) is 30.9 Å². The number of alkyl halides is 3. The summed E-state index contributed by atoms with van der Waals surface area (Å²) in [4.78, 5) is 21.7. The van der Waals surface area contributed by atoms with E-state index in [2.05, 4.69) is 10.6 Å². The zero-order valence-corrected chi connectivity index (χ0v) is 14.0. The zero-order chi connectivity index (χ0) is 19.9. The van der Waals surface area contributed by atoms with Crippen molar-refractivity contribution in [1.29, 1.82) is 0 Å². The van der Waals surface area contributed by atoms with Crippen molar-refractivity contribution in [2.75, 3.05) is 25.0 Å². The van der Waals surface area contributed by atoms with E-state index in [0.717, 1.165) is 24.3 Å². The van der Waals surface area contributed by atoms with Gasteiger partial charge in [0.2, 0.25) is 0 Å². The first kappa shape index (κ1) is 20.0. The first-order chi connectivity index (χ1) is 12.8. The smallest absolute Gasteiger partial charge is 0.416 e. The number of nitrogens with zero attached hydrogens (tertiary/aromatic N) is 1. The fourth-order valence-electron chi connectivity index (χ4n) is 2.05. The van der Waals surface area contributed by atoms with Crippen LogP contribution in [-0.4, -0.2) is 30.5 Å². The Labute approximate surface area is 152 Å². The van der Waals surface area contributed by atoms with E-state index in [4.69, 9.17) is 4.74 Å². The Balaban J connectivity index is 1.67. The highest BCUT2D eigenvalue weighted by Crippen LogP contribution is 2.30. The lowest BCUT2D eigenvalue weighted by Gasteiger charge is -2.10. The highest BCUT2D eigenvalue weighted by Gasteiger charge is 2.30. The molecule has 0 aliphatic heterocycles. The number of nitrogens with one attached hydrogen (secondary N) is 2. The van der Waals surface area contributed by atoms with E-state index in [1.165, 1.54) is 12.1 Å². The third kappa shape index (κ3) is 6.49. The van der Waals surface area contributed by atoms with Gasteiger partial charge in [-0.25, -0.2) is 0 Å². The maximum Gasteiger partial charge on any atom is 0.416 e. The van der Waals surface area contributed by atoms with Crippen LogP contribution < -0.4 is 15.4 Å². The van der Waals surface area contributed by atoms with Gasteiger partial charge in [-0.3, -0.25) is 14.9 Å². The molecule has 0 fully saturated rings. The number of carbonyl (C=O) groups excluding carboxylic acids is 1. The Bertz CT molecular complexity index is 778. The SMILES string of the molecule is O=C(COc1ccc(C(F)(F)F)cc1)NCCNc1ccc([N+](=O)[O-])cc1. The molecule has 0 saturated heterocycles. The highest BCUT2D eigenvalue weighted by atomic mass is 19.4. The Morgan fingerprint density at radius 3 is 2.22 bits per heavy atom. The third-order valence-electron chi connectivity index (χ3n) is 3.41. The number of rotatable bonds is 8. The summed E-state index contributed by atoms with van der Waals surface area (Å²) in [7, 11) is 0. The molecule has 0 unspecified atom stereocenters. The van der Waals surface area contributed by atoms with Gasteiger partial charge in [0.05, 0.1) is 10.5 Å². The molecule has 2 rings (SSSR count). The van der Waals surface area contributed by atoms with Crippen LogP contribution >= 0.6 is 0 Å². The Morgan fingerprint density at radius 1 is 1.04 bits per heavy atom. The van der Waals surface area contributed by atoms with E-state index >= 15 is 0 Å². The number of ether oxygens (including phenoxy) is 1. The summed E-state index contributed by atoms with van der Waals surface area (Å²) in [5.74, 6) is -0.275. The van der Waals surface area contributed by atoms with Crippen molar-refractivity contribution in [3.05, 3.63) is 64.2 Å². The van der Waals surface area contributed by atoms with Crippen LogP contribution in [0.2, 0.25) is 0 Å². The van der Waals surface area contributed by atoms with Gasteiger partial charge in [0.1, 0.15) is 5.75 Å². The van der Waals surface area contributed by atoms with Gasteiger partial charge < -0.3 is 15.4 Å². The number of non-ortho nitro benzene ring substituents is 1. The van der Waals surface area contributed by atoms with Crippen molar-refractivity contribution >= 4 is 17.3 Å². The highest BCUT2D eigenvalue weighted by molar-refractivity contribution is 5.77. The maximum absolute atomic E-state index is 12.4. The number of carbonyl (C=O) groups is 1. The van der Waals surface area contributed by atoms with Crippen LogP contribution in [0.3, 0.4) is 0 Å². The van der Waals surface area contributed by atoms with E-state index in [9.17, 15) is 28.1 Å². The lowest BCUT2D eigenvalue weighted by atomic mass is 10.2. The molecule has 0 bridgehead atoms. The zero-order valence-electron chi connectivity index (χ0n) is 14.0. The van der Waals surface area contributed by atoms with Gasteiger partial charge in [-0.05, 0) is 36.4 Å². The minimum Gasteiger partial charge on any atom is -0.484 e. The van der Waals surface area contributed by atoms with Gasteiger partial charge in [0.25, 0.3) is 11.6 Å². The predicted molar refractivity (Wildman–Crippen MR) is 91.5 cm³/mol. The normalized spacial score (nSPS) is 10.9. The lowest BCUT2D eigenvalue weighted by Crippen LogP contribution is -2.32. The van der Waals surface area contributed by atoms with E-state index in [-0.39, 0.29) is 24.6 Å². The summed E-state index contributed by atoms with van der Waals surface area (Å²) in [5, 5.41) is 16.1. The Kier molecular flexibility index (Phi) is 6.58. The number of benzene rings is 2. The monoisotopic (exact) mass is 383 g/mol. The van der Waals surface area contributed by atoms with Gasteiger partial charge in [-0.2, -0.15) is 13.2 Å². The third-order valence-corrected chi connectivity index (χ3v) is 3.41. The second kappa shape index (κ2) is 8.88. The molecule has 2 aromatic rings. The minimum atomic E-state index is -4.42. The standard InChI is InChI=1S/C17H16F3N3O4/c18-17(19,20)12-1-7-15(8-2-12)27-11-16(24)22-10-9-21-13-3-5-14(6-4-13)23(25)26/h1-8,21H,9-11H2,(H,22,24). The van der Waals surface area contributed by atoms with Crippen molar-refractivity contribution < 1.29 is 27.6 Å². The van der Waals surface area contributed by atoms with Crippen molar-refractivity contribution in [3.63, 3.8) is 0 Å². The Morgan fingerprint density at radius 2 is 1.67 bits per heavy atom. The summed E-state index contributed by atoms with van der Waals surface area (Å²) in [6.07, 6.45) is -4.42. The molecule has 0 saturated carbocycles. The first-order valence-electron chi connectivity index (χ1n) is 7.81. The van der Waals surface area contributed by atoms with Crippen molar-refractivity contribution in [2.45, 2.75) is 6.18 Å². The van der Waals surface area contributed by atoms with Crippen molar-refractivity contribution in [2.24, 2.45) is 0 Å². The lowest BCUT2D eigenvalue weighted by molar-refractivity contribution is -0.384. The van der Waals surface area contributed by atoms with Crippen molar-refractivity contribution in [3.8, 4) is 5.75 Å². The van der Waals surface area contributed by atoms with Crippen LogP contribution in [0, 0.1) is 10.1 Å². The first-order valence-corrected chi connectivity index (χ1v) is 7.81. The fraction of sp³-hybridized carbons (Fsp3) is 0.235. The molecule has 7 nitrogen and oxygen atoms in total. The molecule has 0 radical (unpaired) electrons. The fourth-order valence-corrected chi connectivity index (χ4v) is 2.05. The van der Waals surface area contributed by atoms with E-state index in [1.54, 1.807) is 12.1 Å². The minimum absolute atomic E-state index is 0.0192. The van der Waals surface area contributed by atoms with Crippen LogP contribution in [0.15, 0.2) is 48.5 Å². The van der Waals surface area contributed by atoms with E-state index < -0.39 is 22.6 Å². The van der Waals surface area contributed by atoms with Crippen LogP contribution in [-0.2, 0) is 11.0 Å². The Hall–Kier alpha value is -3.30. The summed E-state index contributed by atoms with van der Waals surface area (Å²) in [6, 6.07) is 9.86. The molecule has 0 aromatic heterocycles. The van der Waals surface area contributed by atoms with Crippen LogP contribution in [0.5, 0.6) is 5.75 Å². The molecular formula is C17H16F3N3O4. The van der Waals surface area contributed by atoms with E-state index in [1.807, 2.05) is 0 Å². The second-order valence-electron chi connectivity index (χ2n) is 5.39. The average Bonchev–Trinajstić information content (AvgIpc) is 2.63. The largest absolute Gasteiger partial charge is 0.484 e. The van der Waals surface area contributed by atoms with E-state index in [0.29, 0.717) is 12.2 Å². The number of nitro groups is 1. The number of hydrogen-bond acceptors (Lipinski definition) is 5. The number of amides is 1. The molecule has 27 heavy (non-hydrogen) atoms. The van der Waals surface area contributed by atoms with Gasteiger partial charge in [-0.1, -0.05) is 0 Å².